The fraction of sp³-hybridized carbons (Fsp3) is 0.692. The number of nitrogens with zero attached hydrogens (tertiary/aromatic N) is 3. The third-order valence-corrected chi connectivity index (χ3v) is 4.46. The molecule has 112 valence electrons. The highest BCUT2D eigenvalue weighted by Gasteiger charge is 2.21. The van der Waals surface area contributed by atoms with Crippen LogP contribution in [-0.4, -0.2) is 52.6 Å². The number of aliphatic hydroxyl groups excluding tert-OH is 1. The van der Waals surface area contributed by atoms with Crippen molar-refractivity contribution in [2.75, 3.05) is 38.1 Å². The summed E-state index contributed by atoms with van der Waals surface area (Å²) in [7, 11) is 0. The smallest absolute Gasteiger partial charge is 0.283 e. The van der Waals surface area contributed by atoms with Crippen molar-refractivity contribution >= 4 is 21.6 Å². The monoisotopic (exact) mass is 344 g/mol. The van der Waals surface area contributed by atoms with Gasteiger partial charge in [-0.1, -0.05) is 6.92 Å². The fourth-order valence-electron chi connectivity index (χ4n) is 2.46. The number of nitrogens with one attached hydrogen (secondary N) is 1. The Morgan fingerprint density at radius 1 is 1.60 bits per heavy atom. The van der Waals surface area contributed by atoms with Crippen LogP contribution in [-0.2, 0) is 6.54 Å². The minimum Gasteiger partial charge on any atom is -0.394 e. The molecular formula is C13H21BrN4O2. The molecule has 0 radical (unpaired) electrons. The molecule has 20 heavy (non-hydrogen) atoms. The first kappa shape index (κ1) is 15.5. The highest BCUT2D eigenvalue weighted by atomic mass is 79.9. The van der Waals surface area contributed by atoms with Crippen molar-refractivity contribution < 1.29 is 5.11 Å². The molecule has 0 spiro atoms. The van der Waals surface area contributed by atoms with E-state index in [2.05, 4.69) is 38.2 Å². The van der Waals surface area contributed by atoms with Crippen molar-refractivity contribution in [1.29, 1.82) is 0 Å². The van der Waals surface area contributed by atoms with Crippen LogP contribution in [0.15, 0.2) is 15.5 Å². The van der Waals surface area contributed by atoms with Crippen molar-refractivity contribution in [1.82, 2.24) is 14.7 Å². The Balaban J connectivity index is 1.97. The van der Waals surface area contributed by atoms with Crippen molar-refractivity contribution in [3.8, 4) is 0 Å². The van der Waals surface area contributed by atoms with Crippen LogP contribution < -0.4 is 10.9 Å². The second kappa shape index (κ2) is 7.19. The van der Waals surface area contributed by atoms with Gasteiger partial charge in [-0.3, -0.25) is 4.79 Å². The molecule has 6 nitrogen and oxygen atoms in total. The van der Waals surface area contributed by atoms with Crippen molar-refractivity contribution in [2.24, 2.45) is 5.92 Å². The van der Waals surface area contributed by atoms with Gasteiger partial charge in [-0.15, -0.1) is 0 Å². The Morgan fingerprint density at radius 3 is 3.05 bits per heavy atom. The van der Waals surface area contributed by atoms with E-state index in [1.54, 1.807) is 6.20 Å². The number of hydrogen-bond acceptors (Lipinski definition) is 5. The molecule has 1 saturated heterocycles. The van der Waals surface area contributed by atoms with Crippen molar-refractivity contribution in [2.45, 2.75) is 19.9 Å². The summed E-state index contributed by atoms with van der Waals surface area (Å²) in [5.41, 5.74) is 0.504. The fourth-order valence-corrected chi connectivity index (χ4v) is 2.91. The number of aliphatic hydroxyl groups is 1. The van der Waals surface area contributed by atoms with E-state index < -0.39 is 0 Å². The number of hydrogen-bond donors (Lipinski definition) is 2. The first-order valence-electron chi connectivity index (χ1n) is 6.98. The molecule has 2 N–H and O–H groups in total. The Labute approximate surface area is 126 Å². The molecule has 0 aliphatic carbocycles. The average molecular weight is 345 g/mol. The van der Waals surface area contributed by atoms with Crippen molar-refractivity contribution in [3.05, 3.63) is 21.0 Å². The van der Waals surface area contributed by atoms with Gasteiger partial charge in [0.1, 0.15) is 4.47 Å². The lowest BCUT2D eigenvalue weighted by Crippen LogP contribution is -2.27. The SMILES string of the molecule is CCN1CCC(CNc2cnn(CCO)c(=O)c2Br)C1. The van der Waals surface area contributed by atoms with E-state index >= 15 is 0 Å². The Hall–Kier alpha value is -0.920. The number of halogens is 1. The number of aromatic nitrogens is 2. The standard InChI is InChI=1S/C13H21BrN4O2/c1-2-17-4-3-10(9-17)7-15-11-8-16-18(5-6-19)13(20)12(11)14/h8,10,15,19H,2-7,9H2,1H3. The highest BCUT2D eigenvalue weighted by Crippen LogP contribution is 2.20. The Morgan fingerprint density at radius 2 is 2.40 bits per heavy atom. The summed E-state index contributed by atoms with van der Waals surface area (Å²) in [4.78, 5) is 14.4. The maximum Gasteiger partial charge on any atom is 0.283 e. The average Bonchev–Trinajstić information content (AvgIpc) is 2.91. The molecule has 0 amide bonds. The Bertz CT molecular complexity index is 506. The van der Waals surface area contributed by atoms with Gasteiger partial charge in [-0.2, -0.15) is 5.10 Å². The largest absolute Gasteiger partial charge is 0.394 e. The molecule has 0 saturated carbocycles. The molecule has 7 heteroatoms. The first-order valence-corrected chi connectivity index (χ1v) is 7.77. The van der Waals surface area contributed by atoms with E-state index in [1.807, 2.05) is 0 Å². The molecule has 0 bridgehead atoms. The van der Waals surface area contributed by atoms with Crippen molar-refractivity contribution in [3.63, 3.8) is 0 Å². The molecule has 1 aromatic heterocycles. The van der Waals surface area contributed by atoms with Gasteiger partial charge in [-0.05, 0) is 41.4 Å². The zero-order valence-electron chi connectivity index (χ0n) is 11.7. The van der Waals surface area contributed by atoms with E-state index in [-0.39, 0.29) is 18.7 Å². The van der Waals surface area contributed by atoms with Gasteiger partial charge >= 0.3 is 0 Å². The predicted molar refractivity (Wildman–Crippen MR) is 82.0 cm³/mol. The van der Waals surface area contributed by atoms with Crippen LogP contribution in [0.2, 0.25) is 0 Å². The molecule has 1 aliphatic heterocycles. The number of likely N-dealkylation sites (tertiary alicyclic amines) is 1. The molecule has 2 heterocycles. The molecule has 1 fully saturated rings. The summed E-state index contributed by atoms with van der Waals surface area (Å²) in [5, 5.41) is 16.2. The highest BCUT2D eigenvalue weighted by molar-refractivity contribution is 9.10. The molecule has 1 unspecified atom stereocenters. The molecule has 0 aromatic carbocycles. The summed E-state index contributed by atoms with van der Waals surface area (Å²) in [6.45, 7) is 6.50. The van der Waals surface area contributed by atoms with E-state index in [9.17, 15) is 4.79 Å². The summed E-state index contributed by atoms with van der Waals surface area (Å²) in [6, 6.07) is 0. The summed E-state index contributed by atoms with van der Waals surface area (Å²) in [6.07, 6.45) is 2.82. The summed E-state index contributed by atoms with van der Waals surface area (Å²) >= 11 is 3.31. The van der Waals surface area contributed by atoms with Crippen LogP contribution in [0.3, 0.4) is 0 Å². The minimum absolute atomic E-state index is 0.0962. The Kier molecular flexibility index (Phi) is 5.56. The van der Waals surface area contributed by atoms with Gasteiger partial charge in [0.25, 0.3) is 5.56 Å². The minimum atomic E-state index is -0.217. The maximum atomic E-state index is 12.0. The number of rotatable bonds is 6. The quantitative estimate of drug-likeness (QED) is 0.796. The van der Waals surface area contributed by atoms with Crippen LogP contribution in [0.4, 0.5) is 5.69 Å². The zero-order valence-corrected chi connectivity index (χ0v) is 13.3. The summed E-state index contributed by atoms with van der Waals surface area (Å²) < 4.78 is 1.73. The predicted octanol–water partition coefficient (Wildman–Crippen LogP) is 0.752. The molecular weight excluding hydrogens is 324 g/mol. The second-order valence-electron chi connectivity index (χ2n) is 5.05. The van der Waals surface area contributed by atoms with Gasteiger partial charge in [-0.25, -0.2) is 4.68 Å². The maximum absolute atomic E-state index is 12.0. The van der Waals surface area contributed by atoms with Gasteiger partial charge in [0.2, 0.25) is 0 Å². The van der Waals surface area contributed by atoms with Gasteiger partial charge in [0.05, 0.1) is 25.0 Å². The van der Waals surface area contributed by atoms with Gasteiger partial charge < -0.3 is 15.3 Å². The summed E-state index contributed by atoms with van der Waals surface area (Å²) in [5.74, 6) is 0.613. The lowest BCUT2D eigenvalue weighted by Gasteiger charge is -2.15. The van der Waals surface area contributed by atoms with Gasteiger partial charge in [0, 0.05) is 13.1 Å². The number of anilines is 1. The molecule has 1 aromatic rings. The lowest BCUT2D eigenvalue weighted by atomic mass is 10.1. The van der Waals surface area contributed by atoms with Crippen LogP contribution in [0.5, 0.6) is 0 Å². The van der Waals surface area contributed by atoms with E-state index in [0.717, 1.165) is 31.9 Å². The molecule has 2 rings (SSSR count). The normalized spacial score (nSPS) is 19.4. The molecule has 1 atom stereocenters. The zero-order chi connectivity index (χ0) is 14.5. The van der Waals surface area contributed by atoms with Crippen LogP contribution in [0, 0.1) is 5.92 Å². The van der Waals surface area contributed by atoms with Crippen LogP contribution in [0.25, 0.3) is 0 Å². The van der Waals surface area contributed by atoms with Gasteiger partial charge in [0.15, 0.2) is 0 Å². The van der Waals surface area contributed by atoms with E-state index in [1.165, 1.54) is 11.1 Å². The first-order chi connectivity index (χ1) is 9.65. The lowest BCUT2D eigenvalue weighted by molar-refractivity contribution is 0.266. The van der Waals surface area contributed by atoms with Crippen LogP contribution >= 0.6 is 15.9 Å². The topological polar surface area (TPSA) is 70.4 Å². The second-order valence-corrected chi connectivity index (χ2v) is 5.85. The molecule has 1 aliphatic rings. The van der Waals surface area contributed by atoms with E-state index in [0.29, 0.717) is 10.4 Å². The third kappa shape index (κ3) is 3.59. The third-order valence-electron chi connectivity index (χ3n) is 3.70. The van der Waals surface area contributed by atoms with E-state index in [4.69, 9.17) is 5.11 Å². The van der Waals surface area contributed by atoms with Crippen LogP contribution in [0.1, 0.15) is 13.3 Å².